The molecule has 2 heterocycles. The van der Waals surface area contributed by atoms with Crippen LogP contribution in [0.3, 0.4) is 0 Å². The van der Waals surface area contributed by atoms with E-state index in [0.717, 1.165) is 35.7 Å². The van der Waals surface area contributed by atoms with Gasteiger partial charge < -0.3 is 4.42 Å². The molecule has 0 amide bonds. The average molecular weight is 339 g/mol. The van der Waals surface area contributed by atoms with Gasteiger partial charge in [-0.15, -0.1) is 0 Å². The van der Waals surface area contributed by atoms with Gasteiger partial charge in [-0.1, -0.05) is 13.0 Å². The highest BCUT2D eigenvalue weighted by atomic mass is 19.1. The number of hydrogen-bond donors (Lipinski definition) is 0. The van der Waals surface area contributed by atoms with Crippen molar-refractivity contribution in [1.29, 1.82) is 0 Å². The van der Waals surface area contributed by atoms with Gasteiger partial charge >= 0.3 is 0 Å². The molecule has 4 nitrogen and oxygen atoms in total. The van der Waals surface area contributed by atoms with Gasteiger partial charge in [-0.05, 0) is 56.3 Å². The molecule has 0 aliphatic heterocycles. The third-order valence-electron chi connectivity index (χ3n) is 4.13. The Bertz CT molecular complexity index is 825. The zero-order valence-electron chi connectivity index (χ0n) is 14.8. The van der Waals surface area contributed by atoms with Crippen molar-refractivity contribution in [2.75, 3.05) is 7.05 Å². The Kier molecular flexibility index (Phi) is 5.24. The fourth-order valence-corrected chi connectivity index (χ4v) is 2.64. The van der Waals surface area contributed by atoms with Crippen molar-refractivity contribution < 1.29 is 8.81 Å². The van der Waals surface area contributed by atoms with Crippen LogP contribution < -0.4 is 0 Å². The lowest BCUT2D eigenvalue weighted by molar-refractivity contribution is 0.309. The summed E-state index contributed by atoms with van der Waals surface area (Å²) in [5, 5.41) is 0. The van der Waals surface area contributed by atoms with Gasteiger partial charge in [-0.3, -0.25) is 9.88 Å². The number of aromatic nitrogens is 2. The smallest absolute Gasteiger partial charge is 0.226 e. The van der Waals surface area contributed by atoms with Gasteiger partial charge in [-0.2, -0.15) is 0 Å². The molecular weight excluding hydrogens is 317 g/mol. The Morgan fingerprint density at radius 2 is 1.84 bits per heavy atom. The highest BCUT2D eigenvalue weighted by molar-refractivity contribution is 5.53. The maximum atomic E-state index is 13.0. The third-order valence-corrected chi connectivity index (χ3v) is 4.13. The first-order valence-electron chi connectivity index (χ1n) is 8.39. The van der Waals surface area contributed by atoms with Crippen molar-refractivity contribution in [1.82, 2.24) is 14.9 Å². The summed E-state index contributed by atoms with van der Waals surface area (Å²) in [7, 11) is 2.03. The van der Waals surface area contributed by atoms with E-state index in [4.69, 9.17) is 4.42 Å². The molecule has 25 heavy (non-hydrogen) atoms. The van der Waals surface area contributed by atoms with Crippen LogP contribution in [-0.4, -0.2) is 21.9 Å². The van der Waals surface area contributed by atoms with Gasteiger partial charge in [0.25, 0.3) is 0 Å². The molecule has 0 saturated heterocycles. The first kappa shape index (κ1) is 17.3. The van der Waals surface area contributed by atoms with Crippen LogP contribution in [0.25, 0.3) is 11.5 Å². The Morgan fingerprint density at radius 1 is 1.08 bits per heavy atom. The van der Waals surface area contributed by atoms with Crippen LogP contribution in [0.1, 0.15) is 29.6 Å². The molecule has 0 saturated carbocycles. The highest BCUT2D eigenvalue weighted by Crippen LogP contribution is 2.23. The zero-order chi connectivity index (χ0) is 17.8. The van der Waals surface area contributed by atoms with Crippen LogP contribution in [0, 0.1) is 12.7 Å². The molecule has 3 rings (SSSR count). The van der Waals surface area contributed by atoms with Crippen LogP contribution in [0.2, 0.25) is 0 Å². The molecule has 0 fully saturated rings. The zero-order valence-corrected chi connectivity index (χ0v) is 14.8. The van der Waals surface area contributed by atoms with Crippen LogP contribution in [0.5, 0.6) is 0 Å². The van der Waals surface area contributed by atoms with E-state index in [1.54, 1.807) is 12.1 Å². The average Bonchev–Trinajstić information content (AvgIpc) is 2.96. The summed E-state index contributed by atoms with van der Waals surface area (Å²) in [5.74, 6) is 1.03. The second kappa shape index (κ2) is 7.57. The van der Waals surface area contributed by atoms with Crippen molar-refractivity contribution in [3.05, 3.63) is 71.1 Å². The predicted molar refractivity (Wildman–Crippen MR) is 95.4 cm³/mol. The molecule has 0 spiro atoms. The first-order valence-corrected chi connectivity index (χ1v) is 8.39. The van der Waals surface area contributed by atoms with E-state index in [1.165, 1.54) is 17.7 Å². The summed E-state index contributed by atoms with van der Waals surface area (Å²) >= 11 is 0. The topological polar surface area (TPSA) is 42.2 Å². The number of halogens is 1. The van der Waals surface area contributed by atoms with E-state index in [1.807, 2.05) is 20.2 Å². The van der Waals surface area contributed by atoms with Crippen molar-refractivity contribution >= 4 is 0 Å². The van der Waals surface area contributed by atoms with Gasteiger partial charge in [0.15, 0.2) is 0 Å². The Balaban J connectivity index is 1.68. The maximum absolute atomic E-state index is 13.0. The molecule has 0 radical (unpaired) electrons. The molecule has 5 heteroatoms. The molecule has 0 unspecified atom stereocenters. The molecule has 0 aliphatic carbocycles. The predicted octanol–water partition coefficient (Wildman–Crippen LogP) is 4.38. The van der Waals surface area contributed by atoms with Crippen molar-refractivity contribution in [2.24, 2.45) is 0 Å². The van der Waals surface area contributed by atoms with Gasteiger partial charge in [0, 0.05) is 24.8 Å². The second-order valence-electron chi connectivity index (χ2n) is 6.21. The minimum Gasteiger partial charge on any atom is -0.441 e. The van der Waals surface area contributed by atoms with E-state index in [2.05, 4.69) is 33.9 Å². The second-order valence-corrected chi connectivity index (χ2v) is 6.21. The fourth-order valence-electron chi connectivity index (χ4n) is 2.64. The molecular formula is C20H22FN3O. The molecule has 0 bridgehead atoms. The summed E-state index contributed by atoms with van der Waals surface area (Å²) < 4.78 is 18.8. The van der Waals surface area contributed by atoms with E-state index in [9.17, 15) is 4.39 Å². The summed E-state index contributed by atoms with van der Waals surface area (Å²) in [6, 6.07) is 10.3. The molecule has 3 aromatic rings. The number of pyridine rings is 1. The molecule has 130 valence electrons. The lowest BCUT2D eigenvalue weighted by Crippen LogP contribution is -2.18. The van der Waals surface area contributed by atoms with Crippen molar-refractivity contribution in [3.63, 3.8) is 0 Å². The Labute approximate surface area is 147 Å². The summed E-state index contributed by atoms with van der Waals surface area (Å²) in [5.41, 5.74) is 3.92. The third kappa shape index (κ3) is 4.31. The monoisotopic (exact) mass is 339 g/mol. The van der Waals surface area contributed by atoms with E-state index in [0.29, 0.717) is 12.4 Å². The summed E-state index contributed by atoms with van der Waals surface area (Å²) in [6.07, 6.45) is 2.92. The molecule has 0 atom stereocenters. The van der Waals surface area contributed by atoms with E-state index >= 15 is 0 Å². The molecule has 0 N–H and O–H groups in total. The quantitative estimate of drug-likeness (QED) is 0.668. The fraction of sp³-hybridized carbons (Fsp3) is 0.300. The highest BCUT2D eigenvalue weighted by Gasteiger charge is 2.13. The number of hydrogen-bond acceptors (Lipinski definition) is 4. The minimum absolute atomic E-state index is 0.270. The number of benzene rings is 1. The lowest BCUT2D eigenvalue weighted by Gasteiger charge is -2.15. The Hall–Kier alpha value is -2.53. The number of oxazole rings is 1. The molecule has 0 aliphatic rings. The first-order chi connectivity index (χ1) is 12.0. The molecule has 2 aromatic heterocycles. The molecule has 1 aromatic carbocycles. The number of aryl methyl sites for hydroxylation is 2. The summed E-state index contributed by atoms with van der Waals surface area (Å²) in [6.45, 7) is 5.42. The maximum Gasteiger partial charge on any atom is 0.226 e. The standard InChI is InChI=1S/C20H22FN3O/c1-4-15-5-10-18(22-11-15)12-24(3)13-19-14(2)25-20(23-19)16-6-8-17(21)9-7-16/h5-11H,4,12-13H2,1-3H3. The SMILES string of the molecule is CCc1ccc(CN(C)Cc2nc(-c3ccc(F)cc3)oc2C)nc1. The van der Waals surface area contributed by atoms with Crippen LogP contribution in [0.4, 0.5) is 4.39 Å². The minimum atomic E-state index is -0.270. The van der Waals surface area contributed by atoms with Gasteiger partial charge in [0.2, 0.25) is 5.89 Å². The number of nitrogens with zero attached hydrogens (tertiary/aromatic N) is 3. The van der Waals surface area contributed by atoms with Crippen LogP contribution in [-0.2, 0) is 19.5 Å². The van der Waals surface area contributed by atoms with Gasteiger partial charge in [0.1, 0.15) is 11.6 Å². The lowest BCUT2D eigenvalue weighted by atomic mass is 10.2. The van der Waals surface area contributed by atoms with Crippen LogP contribution in [0.15, 0.2) is 47.0 Å². The largest absolute Gasteiger partial charge is 0.441 e. The normalized spacial score (nSPS) is 11.2. The van der Waals surface area contributed by atoms with E-state index < -0.39 is 0 Å². The van der Waals surface area contributed by atoms with Gasteiger partial charge in [-0.25, -0.2) is 9.37 Å². The Morgan fingerprint density at radius 3 is 2.48 bits per heavy atom. The van der Waals surface area contributed by atoms with Crippen molar-refractivity contribution in [3.8, 4) is 11.5 Å². The van der Waals surface area contributed by atoms with E-state index in [-0.39, 0.29) is 5.82 Å². The van der Waals surface area contributed by atoms with Gasteiger partial charge in [0.05, 0.1) is 11.4 Å². The van der Waals surface area contributed by atoms with Crippen LogP contribution >= 0.6 is 0 Å². The number of rotatable bonds is 6. The van der Waals surface area contributed by atoms with Crippen molar-refractivity contribution in [2.45, 2.75) is 33.4 Å². The summed E-state index contributed by atoms with van der Waals surface area (Å²) in [4.78, 5) is 11.2.